The zero-order valence-corrected chi connectivity index (χ0v) is 13.4. The number of nitrogens with one attached hydrogen (secondary N) is 1. The zero-order valence-electron chi connectivity index (χ0n) is 12.6. The van der Waals surface area contributed by atoms with Crippen molar-refractivity contribution in [2.75, 3.05) is 5.32 Å². The molecule has 0 amide bonds. The van der Waals surface area contributed by atoms with E-state index in [0.29, 0.717) is 12.5 Å². The van der Waals surface area contributed by atoms with Gasteiger partial charge >= 0.3 is 0 Å². The Bertz CT molecular complexity index is 754. The Morgan fingerprint density at radius 1 is 1.18 bits per heavy atom. The third kappa shape index (κ3) is 3.28. The molecule has 0 atom stereocenters. The van der Waals surface area contributed by atoms with E-state index in [1.165, 1.54) is 4.88 Å². The van der Waals surface area contributed by atoms with Gasteiger partial charge in [-0.25, -0.2) is 15.0 Å². The van der Waals surface area contributed by atoms with Crippen molar-refractivity contribution in [1.82, 2.24) is 19.9 Å². The highest BCUT2D eigenvalue weighted by atomic mass is 32.1. The van der Waals surface area contributed by atoms with Gasteiger partial charge in [0.15, 0.2) is 0 Å². The van der Waals surface area contributed by atoms with E-state index in [4.69, 9.17) is 0 Å². The van der Waals surface area contributed by atoms with Gasteiger partial charge in [0.25, 0.3) is 0 Å². The molecule has 5 nitrogen and oxygen atoms in total. The van der Waals surface area contributed by atoms with Crippen molar-refractivity contribution >= 4 is 17.3 Å². The van der Waals surface area contributed by atoms with Crippen LogP contribution in [0.5, 0.6) is 0 Å². The molecule has 112 valence electrons. The predicted molar refractivity (Wildman–Crippen MR) is 88.8 cm³/mol. The summed E-state index contributed by atoms with van der Waals surface area (Å²) >= 11 is 1.72. The lowest BCUT2D eigenvalue weighted by Gasteiger charge is -2.06. The first-order valence-electron chi connectivity index (χ1n) is 7.18. The molecule has 6 heteroatoms. The Labute approximate surface area is 133 Å². The van der Waals surface area contributed by atoms with Gasteiger partial charge in [-0.05, 0) is 31.5 Å². The molecule has 0 bridgehead atoms. The van der Waals surface area contributed by atoms with Crippen LogP contribution in [0.4, 0.5) is 5.95 Å². The fourth-order valence-corrected chi connectivity index (χ4v) is 3.17. The Kier molecular flexibility index (Phi) is 4.39. The molecule has 0 radical (unpaired) electrons. The summed E-state index contributed by atoms with van der Waals surface area (Å²) in [6, 6.07) is 5.77. The second-order valence-corrected chi connectivity index (χ2v) is 6.10. The molecule has 0 aliphatic heterocycles. The van der Waals surface area contributed by atoms with Crippen molar-refractivity contribution in [3.63, 3.8) is 0 Å². The van der Waals surface area contributed by atoms with Crippen molar-refractivity contribution in [2.45, 2.75) is 26.8 Å². The van der Waals surface area contributed by atoms with Crippen molar-refractivity contribution in [3.05, 3.63) is 52.4 Å². The van der Waals surface area contributed by atoms with Crippen LogP contribution < -0.4 is 5.32 Å². The van der Waals surface area contributed by atoms with Crippen molar-refractivity contribution in [2.24, 2.45) is 0 Å². The number of rotatable bonds is 5. The summed E-state index contributed by atoms with van der Waals surface area (Å²) in [6.07, 6.45) is 6.25. The molecule has 0 unspecified atom stereocenters. The third-order valence-corrected chi connectivity index (χ3v) is 4.25. The molecule has 0 aliphatic rings. The third-order valence-electron chi connectivity index (χ3n) is 3.24. The molecule has 0 spiro atoms. The number of pyridine rings is 1. The Balaban J connectivity index is 1.76. The molecule has 0 saturated carbocycles. The monoisotopic (exact) mass is 311 g/mol. The van der Waals surface area contributed by atoms with Crippen LogP contribution in [0.15, 0.2) is 36.8 Å². The van der Waals surface area contributed by atoms with Crippen LogP contribution in [0.3, 0.4) is 0 Å². The standard InChI is InChI=1S/C16H17N5S/c1-3-13-15(22-11(2)20-13)10-19-16-18-8-6-14(21-16)12-5-4-7-17-9-12/h4-9H,3,10H2,1-2H3,(H,18,19,21). The number of anilines is 1. The second kappa shape index (κ2) is 6.62. The summed E-state index contributed by atoms with van der Waals surface area (Å²) in [7, 11) is 0. The first kappa shape index (κ1) is 14.6. The molecule has 3 heterocycles. The minimum absolute atomic E-state index is 0.620. The minimum Gasteiger partial charge on any atom is -0.349 e. The van der Waals surface area contributed by atoms with E-state index < -0.39 is 0 Å². The fraction of sp³-hybridized carbons (Fsp3) is 0.250. The van der Waals surface area contributed by atoms with Gasteiger partial charge in [0.1, 0.15) is 0 Å². The summed E-state index contributed by atoms with van der Waals surface area (Å²) in [5.41, 5.74) is 3.00. The maximum atomic E-state index is 4.54. The summed E-state index contributed by atoms with van der Waals surface area (Å²) < 4.78 is 0. The Morgan fingerprint density at radius 2 is 2.09 bits per heavy atom. The van der Waals surface area contributed by atoms with Crippen LogP contribution in [0.2, 0.25) is 0 Å². The maximum absolute atomic E-state index is 4.54. The molecule has 3 aromatic heterocycles. The van der Waals surface area contributed by atoms with E-state index in [2.05, 4.69) is 32.2 Å². The first-order chi connectivity index (χ1) is 10.8. The van der Waals surface area contributed by atoms with Crippen molar-refractivity contribution < 1.29 is 0 Å². The van der Waals surface area contributed by atoms with Gasteiger partial charge in [-0.3, -0.25) is 4.98 Å². The van der Waals surface area contributed by atoms with Gasteiger partial charge < -0.3 is 5.32 Å². The summed E-state index contributed by atoms with van der Waals surface area (Å²) in [5.74, 6) is 0.620. The molecule has 0 saturated heterocycles. The van der Waals surface area contributed by atoms with E-state index in [-0.39, 0.29) is 0 Å². The lowest BCUT2D eigenvalue weighted by atomic mass is 10.2. The summed E-state index contributed by atoms with van der Waals surface area (Å²) in [5, 5.41) is 4.38. The smallest absolute Gasteiger partial charge is 0.223 e. The quantitative estimate of drug-likeness (QED) is 0.781. The largest absolute Gasteiger partial charge is 0.349 e. The van der Waals surface area contributed by atoms with Crippen molar-refractivity contribution in [1.29, 1.82) is 0 Å². The van der Waals surface area contributed by atoms with E-state index in [1.54, 1.807) is 29.9 Å². The predicted octanol–water partition coefficient (Wildman–Crippen LogP) is 3.48. The van der Waals surface area contributed by atoms with Crippen LogP contribution in [0, 0.1) is 6.92 Å². The van der Waals surface area contributed by atoms with Crippen LogP contribution in [0.25, 0.3) is 11.3 Å². The van der Waals surface area contributed by atoms with Gasteiger partial charge in [0.2, 0.25) is 5.95 Å². The fourth-order valence-electron chi connectivity index (χ4n) is 2.21. The Morgan fingerprint density at radius 3 is 2.86 bits per heavy atom. The number of aromatic nitrogens is 4. The zero-order chi connectivity index (χ0) is 15.4. The molecular formula is C16H17N5S. The van der Waals surface area contributed by atoms with E-state index in [9.17, 15) is 0 Å². The van der Waals surface area contributed by atoms with E-state index in [0.717, 1.165) is 28.4 Å². The van der Waals surface area contributed by atoms with Gasteiger partial charge in [-0.15, -0.1) is 11.3 Å². The lowest BCUT2D eigenvalue weighted by molar-refractivity contribution is 0.987. The van der Waals surface area contributed by atoms with Gasteiger partial charge in [-0.1, -0.05) is 6.92 Å². The van der Waals surface area contributed by atoms with E-state index >= 15 is 0 Å². The second-order valence-electron chi connectivity index (χ2n) is 4.82. The van der Waals surface area contributed by atoms with E-state index in [1.807, 2.05) is 25.1 Å². The summed E-state index contributed by atoms with van der Waals surface area (Å²) in [6.45, 7) is 4.86. The van der Waals surface area contributed by atoms with Gasteiger partial charge in [0.05, 0.1) is 22.9 Å². The SMILES string of the molecule is CCc1nc(C)sc1CNc1nccc(-c2cccnc2)n1. The van der Waals surface area contributed by atoms with Crippen LogP contribution in [-0.2, 0) is 13.0 Å². The highest BCUT2D eigenvalue weighted by Crippen LogP contribution is 2.20. The molecule has 0 fully saturated rings. The van der Waals surface area contributed by atoms with Crippen LogP contribution >= 0.6 is 11.3 Å². The highest BCUT2D eigenvalue weighted by Gasteiger charge is 2.08. The Hall–Kier alpha value is -2.34. The van der Waals surface area contributed by atoms with Crippen LogP contribution in [-0.4, -0.2) is 19.9 Å². The molecule has 0 aliphatic carbocycles. The van der Waals surface area contributed by atoms with Gasteiger partial charge in [0, 0.05) is 29.0 Å². The molecule has 3 aromatic rings. The van der Waals surface area contributed by atoms with Crippen LogP contribution in [0.1, 0.15) is 22.5 Å². The maximum Gasteiger partial charge on any atom is 0.223 e. The first-order valence-corrected chi connectivity index (χ1v) is 8.00. The number of thiazole rings is 1. The number of nitrogens with zero attached hydrogens (tertiary/aromatic N) is 4. The summed E-state index contributed by atoms with van der Waals surface area (Å²) in [4.78, 5) is 18.7. The topological polar surface area (TPSA) is 63.6 Å². The molecule has 0 aromatic carbocycles. The molecule has 1 N–H and O–H groups in total. The number of hydrogen-bond donors (Lipinski definition) is 1. The molecule has 3 rings (SSSR count). The molecule has 22 heavy (non-hydrogen) atoms. The minimum atomic E-state index is 0.620. The average molecular weight is 311 g/mol. The number of hydrogen-bond acceptors (Lipinski definition) is 6. The van der Waals surface area contributed by atoms with Gasteiger partial charge in [-0.2, -0.15) is 0 Å². The lowest BCUT2D eigenvalue weighted by Crippen LogP contribution is -2.04. The highest BCUT2D eigenvalue weighted by molar-refractivity contribution is 7.11. The average Bonchev–Trinajstić information content (AvgIpc) is 2.94. The van der Waals surface area contributed by atoms with Crippen molar-refractivity contribution in [3.8, 4) is 11.3 Å². The number of aryl methyl sites for hydroxylation is 2. The molecular weight excluding hydrogens is 294 g/mol. The normalized spacial score (nSPS) is 10.6.